The normalized spacial score (nSPS) is 8.93. The van der Waals surface area contributed by atoms with E-state index in [1.54, 1.807) is 0 Å². The minimum Gasteiger partial charge on any atom is -0.326 e. The summed E-state index contributed by atoms with van der Waals surface area (Å²) in [4.78, 5) is 11.2. The minimum atomic E-state index is 0. The molecule has 2 N–H and O–H groups in total. The molecule has 0 saturated heterocycles. The number of carbonyl (C=O) groups is 1. The van der Waals surface area contributed by atoms with Gasteiger partial charge in [-0.1, -0.05) is 18.2 Å². The first-order valence-electron chi connectivity index (χ1n) is 4.32. The lowest BCUT2D eigenvalue weighted by atomic mass is 10.3. The van der Waals surface area contributed by atoms with Crippen LogP contribution in [0, 0.1) is 0 Å². The Morgan fingerprint density at radius 1 is 1.29 bits per heavy atom. The number of rotatable bonds is 4. The van der Waals surface area contributed by atoms with Gasteiger partial charge in [0.15, 0.2) is 0 Å². The van der Waals surface area contributed by atoms with E-state index < -0.39 is 0 Å². The van der Waals surface area contributed by atoms with Crippen molar-refractivity contribution in [2.75, 3.05) is 18.9 Å². The quantitative estimate of drug-likeness (QED) is 0.801. The Morgan fingerprint density at radius 2 is 1.93 bits per heavy atom. The number of hydrogen-bond acceptors (Lipinski definition) is 2. The maximum absolute atomic E-state index is 11.2. The summed E-state index contributed by atoms with van der Waals surface area (Å²) in [5, 5.41) is 5.72. The third-order valence-corrected chi connectivity index (χ3v) is 1.66. The van der Waals surface area contributed by atoms with Crippen LogP contribution in [-0.2, 0) is 4.79 Å². The molecule has 0 saturated carbocycles. The van der Waals surface area contributed by atoms with Gasteiger partial charge in [0.1, 0.15) is 0 Å². The van der Waals surface area contributed by atoms with Gasteiger partial charge in [0.25, 0.3) is 0 Å². The summed E-state index contributed by atoms with van der Waals surface area (Å²) in [6.45, 7) is 0.707. The highest BCUT2D eigenvalue weighted by Gasteiger charge is 1.99. The van der Waals surface area contributed by atoms with E-state index in [9.17, 15) is 4.79 Å². The van der Waals surface area contributed by atoms with E-state index >= 15 is 0 Å². The Bertz CT molecular complexity index is 264. The van der Waals surface area contributed by atoms with Gasteiger partial charge in [0.2, 0.25) is 5.91 Å². The molecule has 1 aromatic rings. The summed E-state index contributed by atoms with van der Waals surface area (Å²) in [7, 11) is 1.83. The van der Waals surface area contributed by atoms with Crippen molar-refractivity contribution in [1.29, 1.82) is 0 Å². The fraction of sp³-hybridized carbons (Fsp3) is 0.300. The first-order chi connectivity index (χ1) is 6.33. The summed E-state index contributed by atoms with van der Waals surface area (Å²) < 4.78 is 0. The molecule has 0 unspecified atom stereocenters. The maximum Gasteiger partial charge on any atom is 0.225 e. The molecular formula is C10H15ClN2O. The van der Waals surface area contributed by atoms with E-state index in [4.69, 9.17) is 0 Å². The van der Waals surface area contributed by atoms with Gasteiger partial charge in [0.05, 0.1) is 0 Å². The number of anilines is 1. The Morgan fingerprint density at radius 3 is 2.50 bits per heavy atom. The molecule has 78 valence electrons. The molecule has 0 spiro atoms. The number of nitrogens with one attached hydrogen (secondary N) is 2. The summed E-state index contributed by atoms with van der Waals surface area (Å²) >= 11 is 0. The predicted octanol–water partition coefficient (Wildman–Crippen LogP) is 1.66. The molecule has 3 nitrogen and oxygen atoms in total. The van der Waals surface area contributed by atoms with Gasteiger partial charge in [-0.25, -0.2) is 0 Å². The summed E-state index contributed by atoms with van der Waals surface area (Å²) in [5.41, 5.74) is 0.851. The van der Waals surface area contributed by atoms with Crippen molar-refractivity contribution in [2.45, 2.75) is 6.42 Å². The smallest absolute Gasteiger partial charge is 0.225 e. The van der Waals surface area contributed by atoms with Crippen LogP contribution < -0.4 is 10.6 Å². The van der Waals surface area contributed by atoms with Crippen molar-refractivity contribution in [1.82, 2.24) is 5.32 Å². The summed E-state index contributed by atoms with van der Waals surface area (Å²) in [6, 6.07) is 9.46. The van der Waals surface area contributed by atoms with Crippen molar-refractivity contribution in [3.8, 4) is 0 Å². The van der Waals surface area contributed by atoms with Gasteiger partial charge in [0, 0.05) is 18.7 Å². The zero-order valence-electron chi connectivity index (χ0n) is 8.12. The fourth-order valence-corrected chi connectivity index (χ4v) is 0.984. The van der Waals surface area contributed by atoms with Crippen LogP contribution in [0.3, 0.4) is 0 Å². The molecule has 0 atom stereocenters. The Hall–Kier alpha value is -1.06. The zero-order valence-corrected chi connectivity index (χ0v) is 8.93. The average molecular weight is 215 g/mol. The molecule has 1 rings (SSSR count). The third kappa shape index (κ3) is 4.84. The number of amides is 1. The maximum atomic E-state index is 11.2. The first-order valence-corrected chi connectivity index (χ1v) is 4.32. The van der Waals surface area contributed by atoms with E-state index in [0.29, 0.717) is 13.0 Å². The van der Waals surface area contributed by atoms with Crippen LogP contribution in [0.4, 0.5) is 5.69 Å². The standard InChI is InChI=1S/C10H14N2O.ClH/c1-11-8-7-10(13)12-9-5-3-2-4-6-9;/h2-6,11H,7-8H2,1H3,(H,12,13);1H. The molecule has 0 aliphatic carbocycles. The van der Waals surface area contributed by atoms with Crippen molar-refractivity contribution in [3.05, 3.63) is 30.3 Å². The number of carbonyl (C=O) groups excluding carboxylic acids is 1. The largest absolute Gasteiger partial charge is 0.326 e. The van der Waals surface area contributed by atoms with Gasteiger partial charge in [-0.15, -0.1) is 12.4 Å². The molecule has 0 bridgehead atoms. The summed E-state index contributed by atoms with van der Waals surface area (Å²) in [5.74, 6) is 0.0422. The lowest BCUT2D eigenvalue weighted by Gasteiger charge is -2.03. The zero-order chi connectivity index (χ0) is 9.52. The molecule has 0 fully saturated rings. The monoisotopic (exact) mass is 214 g/mol. The van der Waals surface area contributed by atoms with Crippen LogP contribution in [-0.4, -0.2) is 19.5 Å². The van der Waals surface area contributed by atoms with E-state index in [0.717, 1.165) is 5.69 Å². The molecule has 0 aliphatic heterocycles. The highest BCUT2D eigenvalue weighted by molar-refractivity contribution is 5.90. The van der Waals surface area contributed by atoms with Crippen molar-refractivity contribution < 1.29 is 4.79 Å². The Kier molecular flexibility index (Phi) is 6.80. The number of halogens is 1. The van der Waals surface area contributed by atoms with Gasteiger partial charge in [-0.2, -0.15) is 0 Å². The lowest BCUT2D eigenvalue weighted by Crippen LogP contribution is -2.18. The Balaban J connectivity index is 0.00000169. The topological polar surface area (TPSA) is 41.1 Å². The third-order valence-electron chi connectivity index (χ3n) is 1.66. The van der Waals surface area contributed by atoms with Crippen molar-refractivity contribution >= 4 is 24.0 Å². The van der Waals surface area contributed by atoms with E-state index in [1.807, 2.05) is 37.4 Å². The van der Waals surface area contributed by atoms with Crippen molar-refractivity contribution in [3.63, 3.8) is 0 Å². The highest BCUT2D eigenvalue weighted by Crippen LogP contribution is 2.04. The average Bonchev–Trinajstić information content (AvgIpc) is 2.16. The second kappa shape index (κ2) is 7.35. The molecule has 1 aromatic carbocycles. The number of benzene rings is 1. The molecule has 0 aromatic heterocycles. The van der Waals surface area contributed by atoms with Crippen LogP contribution >= 0.6 is 12.4 Å². The molecule has 0 heterocycles. The second-order valence-corrected chi connectivity index (χ2v) is 2.77. The van der Waals surface area contributed by atoms with E-state index in [2.05, 4.69) is 10.6 Å². The van der Waals surface area contributed by atoms with Crippen LogP contribution in [0.25, 0.3) is 0 Å². The van der Waals surface area contributed by atoms with Crippen LogP contribution in [0.15, 0.2) is 30.3 Å². The fourth-order valence-electron chi connectivity index (χ4n) is 0.984. The molecule has 1 amide bonds. The van der Waals surface area contributed by atoms with E-state index in [1.165, 1.54) is 0 Å². The van der Waals surface area contributed by atoms with Crippen LogP contribution in [0.5, 0.6) is 0 Å². The van der Waals surface area contributed by atoms with Crippen LogP contribution in [0.1, 0.15) is 6.42 Å². The summed E-state index contributed by atoms with van der Waals surface area (Å²) in [6.07, 6.45) is 0.505. The lowest BCUT2D eigenvalue weighted by molar-refractivity contribution is -0.116. The SMILES string of the molecule is CNCCC(=O)Nc1ccccc1.Cl. The highest BCUT2D eigenvalue weighted by atomic mass is 35.5. The molecule has 14 heavy (non-hydrogen) atoms. The minimum absolute atomic E-state index is 0. The molecule has 0 radical (unpaired) electrons. The molecular weight excluding hydrogens is 200 g/mol. The number of hydrogen-bond donors (Lipinski definition) is 2. The Labute approximate surface area is 90.3 Å². The molecule has 0 aliphatic rings. The second-order valence-electron chi connectivity index (χ2n) is 2.77. The predicted molar refractivity (Wildman–Crippen MR) is 60.9 cm³/mol. The van der Waals surface area contributed by atoms with Gasteiger partial charge >= 0.3 is 0 Å². The van der Waals surface area contributed by atoms with Gasteiger partial charge in [-0.3, -0.25) is 4.79 Å². The molecule has 4 heteroatoms. The van der Waals surface area contributed by atoms with E-state index in [-0.39, 0.29) is 18.3 Å². The van der Waals surface area contributed by atoms with Crippen LogP contribution in [0.2, 0.25) is 0 Å². The van der Waals surface area contributed by atoms with Gasteiger partial charge in [-0.05, 0) is 19.2 Å². The first kappa shape index (κ1) is 12.9. The number of para-hydroxylation sites is 1. The van der Waals surface area contributed by atoms with Crippen molar-refractivity contribution in [2.24, 2.45) is 0 Å². The van der Waals surface area contributed by atoms with Gasteiger partial charge < -0.3 is 10.6 Å².